The second-order valence-corrected chi connectivity index (χ2v) is 6.29. The summed E-state index contributed by atoms with van der Waals surface area (Å²) in [4.78, 5) is 16.5. The van der Waals surface area contributed by atoms with Crippen LogP contribution in [0.5, 0.6) is 0 Å². The molecule has 1 aromatic carbocycles. The molecule has 1 saturated heterocycles. The van der Waals surface area contributed by atoms with Gasteiger partial charge in [-0.1, -0.05) is 12.1 Å². The molecule has 1 N–H and O–H groups in total. The molecule has 1 amide bonds. The highest BCUT2D eigenvalue weighted by Gasteiger charge is 2.33. The maximum atomic E-state index is 13.2. The van der Waals surface area contributed by atoms with E-state index in [0.717, 1.165) is 37.9 Å². The van der Waals surface area contributed by atoms with Crippen LogP contribution in [0.1, 0.15) is 24.8 Å². The highest BCUT2D eigenvalue weighted by atomic mass is 19.1. The molecule has 0 unspecified atom stereocenters. The second-order valence-electron chi connectivity index (χ2n) is 6.29. The first kappa shape index (κ1) is 15.4. The van der Waals surface area contributed by atoms with Crippen molar-refractivity contribution < 1.29 is 14.3 Å². The summed E-state index contributed by atoms with van der Waals surface area (Å²) >= 11 is 0. The Hall–Kier alpha value is -1.46. The van der Waals surface area contributed by atoms with Crippen LogP contribution in [0.2, 0.25) is 0 Å². The standard InChI is InChI=1S/C17H23FN2O2/c18-14-4-1-3-13(11-14)12-17(22)20-9-7-19(8-10-20)15-5-2-6-16(15)21/h1,3-4,11,15-16,21H,2,5-10,12H2/t15-,16+/m0/s1. The molecular formula is C17H23FN2O2. The van der Waals surface area contributed by atoms with E-state index in [9.17, 15) is 14.3 Å². The van der Waals surface area contributed by atoms with Crippen molar-refractivity contribution in [2.45, 2.75) is 37.8 Å². The third-order valence-electron chi connectivity index (χ3n) is 4.82. The molecule has 5 heteroatoms. The molecule has 120 valence electrons. The Kier molecular flexibility index (Phi) is 4.74. The zero-order chi connectivity index (χ0) is 15.5. The molecule has 2 fully saturated rings. The quantitative estimate of drug-likeness (QED) is 0.919. The Morgan fingerprint density at radius 1 is 1.23 bits per heavy atom. The lowest BCUT2D eigenvalue weighted by Crippen LogP contribution is -2.53. The first-order chi connectivity index (χ1) is 10.6. The number of benzene rings is 1. The lowest BCUT2D eigenvalue weighted by atomic mass is 10.1. The summed E-state index contributed by atoms with van der Waals surface area (Å²) in [7, 11) is 0. The molecule has 3 rings (SSSR count). The van der Waals surface area contributed by atoms with Crippen molar-refractivity contribution in [1.82, 2.24) is 9.80 Å². The summed E-state index contributed by atoms with van der Waals surface area (Å²) in [6.45, 7) is 3.02. The van der Waals surface area contributed by atoms with E-state index in [1.54, 1.807) is 12.1 Å². The Bertz CT molecular complexity index is 529. The summed E-state index contributed by atoms with van der Waals surface area (Å²) in [5.41, 5.74) is 0.721. The Balaban J connectivity index is 1.51. The van der Waals surface area contributed by atoms with Crippen LogP contribution in [-0.2, 0) is 11.2 Å². The van der Waals surface area contributed by atoms with Gasteiger partial charge in [-0.15, -0.1) is 0 Å². The van der Waals surface area contributed by atoms with Gasteiger partial charge in [0, 0.05) is 32.2 Å². The number of hydrogen-bond donors (Lipinski definition) is 1. The lowest BCUT2D eigenvalue weighted by molar-refractivity contribution is -0.132. The van der Waals surface area contributed by atoms with E-state index in [0.29, 0.717) is 13.1 Å². The number of aliphatic hydroxyl groups is 1. The van der Waals surface area contributed by atoms with E-state index in [4.69, 9.17) is 0 Å². The first-order valence-corrected chi connectivity index (χ1v) is 8.08. The number of amides is 1. The molecule has 1 saturated carbocycles. The number of hydrogen-bond acceptors (Lipinski definition) is 3. The second kappa shape index (κ2) is 6.75. The Morgan fingerprint density at radius 3 is 2.64 bits per heavy atom. The zero-order valence-corrected chi connectivity index (χ0v) is 12.7. The average molecular weight is 306 g/mol. The van der Waals surface area contributed by atoms with Crippen molar-refractivity contribution in [1.29, 1.82) is 0 Å². The molecule has 1 aliphatic heterocycles. The molecule has 22 heavy (non-hydrogen) atoms. The fourth-order valence-electron chi connectivity index (χ4n) is 3.58. The van der Waals surface area contributed by atoms with Gasteiger partial charge in [-0.05, 0) is 37.0 Å². The number of piperazine rings is 1. The molecule has 0 spiro atoms. The molecule has 0 bridgehead atoms. The first-order valence-electron chi connectivity index (χ1n) is 8.08. The lowest BCUT2D eigenvalue weighted by Gasteiger charge is -2.39. The van der Waals surface area contributed by atoms with E-state index < -0.39 is 0 Å². The molecule has 0 aromatic heterocycles. The predicted octanol–water partition coefficient (Wildman–Crippen LogP) is 1.43. The number of aliphatic hydroxyl groups excluding tert-OH is 1. The van der Waals surface area contributed by atoms with Gasteiger partial charge in [0.05, 0.1) is 12.5 Å². The number of carbonyl (C=O) groups is 1. The van der Waals surface area contributed by atoms with E-state index in [-0.39, 0.29) is 30.3 Å². The SMILES string of the molecule is O=C(Cc1cccc(F)c1)N1CCN([C@H]2CCC[C@H]2O)CC1. The van der Waals surface area contributed by atoms with Crippen LogP contribution in [0.25, 0.3) is 0 Å². The molecule has 0 radical (unpaired) electrons. The minimum absolute atomic E-state index is 0.0530. The number of carbonyl (C=O) groups excluding carboxylic acids is 1. The minimum atomic E-state index is -0.301. The molecular weight excluding hydrogens is 283 g/mol. The molecule has 1 heterocycles. The maximum absolute atomic E-state index is 13.2. The van der Waals surface area contributed by atoms with Crippen molar-refractivity contribution in [3.05, 3.63) is 35.6 Å². The van der Waals surface area contributed by atoms with E-state index in [2.05, 4.69) is 4.90 Å². The van der Waals surface area contributed by atoms with Crippen LogP contribution in [0.4, 0.5) is 4.39 Å². The highest BCUT2D eigenvalue weighted by Crippen LogP contribution is 2.25. The van der Waals surface area contributed by atoms with Gasteiger partial charge in [0.15, 0.2) is 0 Å². The van der Waals surface area contributed by atoms with E-state index in [1.165, 1.54) is 12.1 Å². The molecule has 2 aliphatic rings. The average Bonchev–Trinajstić information content (AvgIpc) is 2.93. The van der Waals surface area contributed by atoms with Crippen molar-refractivity contribution in [2.75, 3.05) is 26.2 Å². The van der Waals surface area contributed by atoms with Gasteiger partial charge in [-0.2, -0.15) is 0 Å². The highest BCUT2D eigenvalue weighted by molar-refractivity contribution is 5.78. The van der Waals surface area contributed by atoms with Crippen molar-refractivity contribution >= 4 is 5.91 Å². The maximum Gasteiger partial charge on any atom is 0.227 e. The van der Waals surface area contributed by atoms with Gasteiger partial charge in [0.25, 0.3) is 0 Å². The van der Waals surface area contributed by atoms with Crippen molar-refractivity contribution in [3.63, 3.8) is 0 Å². The smallest absolute Gasteiger partial charge is 0.227 e. The van der Waals surface area contributed by atoms with Gasteiger partial charge in [-0.25, -0.2) is 4.39 Å². The van der Waals surface area contributed by atoms with Crippen LogP contribution in [0, 0.1) is 5.82 Å². The predicted molar refractivity (Wildman–Crippen MR) is 81.9 cm³/mol. The van der Waals surface area contributed by atoms with Gasteiger partial charge in [0.1, 0.15) is 5.82 Å². The summed E-state index contributed by atoms with van der Waals surface area (Å²) < 4.78 is 13.2. The van der Waals surface area contributed by atoms with E-state index >= 15 is 0 Å². The normalized spacial score (nSPS) is 26.4. The topological polar surface area (TPSA) is 43.8 Å². The fourth-order valence-corrected chi connectivity index (χ4v) is 3.58. The zero-order valence-electron chi connectivity index (χ0n) is 12.7. The Labute approximate surface area is 130 Å². The Morgan fingerprint density at radius 2 is 2.00 bits per heavy atom. The van der Waals surface area contributed by atoms with Crippen LogP contribution in [0.3, 0.4) is 0 Å². The van der Waals surface area contributed by atoms with E-state index in [1.807, 2.05) is 4.90 Å². The molecule has 1 aliphatic carbocycles. The van der Waals surface area contributed by atoms with Gasteiger partial charge in [0.2, 0.25) is 5.91 Å². The van der Waals surface area contributed by atoms with Crippen LogP contribution < -0.4 is 0 Å². The fraction of sp³-hybridized carbons (Fsp3) is 0.588. The van der Waals surface area contributed by atoms with Crippen molar-refractivity contribution in [3.8, 4) is 0 Å². The van der Waals surface area contributed by atoms with Crippen LogP contribution in [0.15, 0.2) is 24.3 Å². The van der Waals surface area contributed by atoms with Gasteiger partial charge >= 0.3 is 0 Å². The molecule has 4 nitrogen and oxygen atoms in total. The largest absolute Gasteiger partial charge is 0.391 e. The third kappa shape index (κ3) is 3.47. The monoisotopic (exact) mass is 306 g/mol. The van der Waals surface area contributed by atoms with Crippen LogP contribution in [-0.4, -0.2) is 59.1 Å². The van der Waals surface area contributed by atoms with Gasteiger partial charge in [-0.3, -0.25) is 9.69 Å². The van der Waals surface area contributed by atoms with Gasteiger partial charge < -0.3 is 10.0 Å². The third-order valence-corrected chi connectivity index (χ3v) is 4.82. The van der Waals surface area contributed by atoms with Crippen LogP contribution >= 0.6 is 0 Å². The summed E-state index contributed by atoms with van der Waals surface area (Å²) in [6, 6.07) is 6.49. The number of nitrogens with zero attached hydrogens (tertiary/aromatic N) is 2. The number of halogens is 1. The number of rotatable bonds is 3. The summed E-state index contributed by atoms with van der Waals surface area (Å²) in [6.07, 6.45) is 3.07. The molecule has 2 atom stereocenters. The molecule has 1 aromatic rings. The van der Waals surface area contributed by atoms with Crippen molar-refractivity contribution in [2.24, 2.45) is 0 Å². The minimum Gasteiger partial charge on any atom is -0.391 e. The summed E-state index contributed by atoms with van der Waals surface area (Å²) in [5.74, 6) is -0.248. The summed E-state index contributed by atoms with van der Waals surface area (Å²) in [5, 5.41) is 9.98.